The molecule has 2 aromatic heterocycles. The maximum atomic E-state index is 5.38. The Labute approximate surface area is 159 Å². The van der Waals surface area contributed by atoms with Crippen molar-refractivity contribution in [2.45, 2.75) is 37.0 Å². The lowest BCUT2D eigenvalue weighted by Gasteiger charge is -2.06. The molecule has 0 saturated heterocycles. The number of rotatable bonds is 7. The van der Waals surface area contributed by atoms with Gasteiger partial charge >= 0.3 is 0 Å². The van der Waals surface area contributed by atoms with Crippen molar-refractivity contribution in [3.63, 3.8) is 0 Å². The number of nitrogens with zero attached hydrogens (tertiary/aromatic N) is 3. The van der Waals surface area contributed by atoms with Crippen LogP contribution in [-0.2, 0) is 5.75 Å². The molecular weight excluding hydrogens is 350 g/mol. The SMILES string of the molecule is CCCCCCl.c1ccc(CSc2ccnn2-c2ccccn2)cc1. The molecule has 0 aliphatic heterocycles. The molecule has 0 saturated carbocycles. The van der Waals surface area contributed by atoms with Crippen LogP contribution in [0.3, 0.4) is 0 Å². The molecule has 0 atom stereocenters. The summed E-state index contributed by atoms with van der Waals surface area (Å²) in [6, 6.07) is 18.3. The molecule has 0 amide bonds. The highest BCUT2D eigenvalue weighted by molar-refractivity contribution is 7.98. The first-order valence-corrected chi connectivity index (χ1v) is 10.0. The van der Waals surface area contributed by atoms with Crippen molar-refractivity contribution in [1.82, 2.24) is 14.8 Å². The van der Waals surface area contributed by atoms with E-state index in [1.165, 1.54) is 24.8 Å². The van der Waals surface area contributed by atoms with E-state index in [0.29, 0.717) is 0 Å². The summed E-state index contributed by atoms with van der Waals surface area (Å²) in [5.74, 6) is 2.61. The fourth-order valence-electron chi connectivity index (χ4n) is 2.13. The minimum absolute atomic E-state index is 0.827. The van der Waals surface area contributed by atoms with Gasteiger partial charge in [-0.1, -0.05) is 56.2 Å². The highest BCUT2D eigenvalue weighted by atomic mass is 35.5. The lowest BCUT2D eigenvalue weighted by Crippen LogP contribution is -2.00. The van der Waals surface area contributed by atoms with Gasteiger partial charge in [-0.25, -0.2) is 9.67 Å². The van der Waals surface area contributed by atoms with Crippen molar-refractivity contribution in [2.24, 2.45) is 0 Å². The molecule has 3 rings (SSSR count). The van der Waals surface area contributed by atoms with Crippen molar-refractivity contribution in [3.8, 4) is 5.82 Å². The fourth-order valence-corrected chi connectivity index (χ4v) is 3.24. The third-order valence-electron chi connectivity index (χ3n) is 3.44. The first-order valence-electron chi connectivity index (χ1n) is 8.53. The lowest BCUT2D eigenvalue weighted by molar-refractivity contribution is 0.776. The zero-order chi connectivity index (χ0) is 17.7. The van der Waals surface area contributed by atoms with Crippen LogP contribution in [0.1, 0.15) is 31.7 Å². The monoisotopic (exact) mass is 373 g/mol. The Bertz CT molecular complexity index is 697. The van der Waals surface area contributed by atoms with Crippen LogP contribution >= 0.6 is 23.4 Å². The van der Waals surface area contributed by atoms with Crippen molar-refractivity contribution in [2.75, 3.05) is 5.88 Å². The number of hydrogen-bond donors (Lipinski definition) is 0. The van der Waals surface area contributed by atoms with Crippen molar-refractivity contribution in [3.05, 3.63) is 72.6 Å². The Morgan fingerprint density at radius 3 is 2.40 bits per heavy atom. The summed E-state index contributed by atoms with van der Waals surface area (Å²) in [6.07, 6.45) is 7.32. The molecule has 132 valence electrons. The maximum Gasteiger partial charge on any atom is 0.154 e. The van der Waals surface area contributed by atoms with Crippen LogP contribution in [0.15, 0.2) is 72.0 Å². The fraction of sp³-hybridized carbons (Fsp3) is 0.300. The number of alkyl halides is 1. The second kappa shape index (κ2) is 11.7. The summed E-state index contributed by atoms with van der Waals surface area (Å²) in [7, 11) is 0. The summed E-state index contributed by atoms with van der Waals surface area (Å²) in [6.45, 7) is 2.17. The Hall–Kier alpha value is -1.78. The number of hydrogen-bond acceptors (Lipinski definition) is 3. The van der Waals surface area contributed by atoms with Gasteiger partial charge in [0.15, 0.2) is 5.82 Å². The normalized spacial score (nSPS) is 10.2. The Morgan fingerprint density at radius 1 is 0.960 bits per heavy atom. The quantitative estimate of drug-likeness (QED) is 0.290. The predicted octanol–water partition coefficient (Wildman–Crippen LogP) is 5.98. The summed E-state index contributed by atoms with van der Waals surface area (Å²) in [4.78, 5) is 4.32. The topological polar surface area (TPSA) is 30.7 Å². The zero-order valence-electron chi connectivity index (χ0n) is 14.5. The number of aromatic nitrogens is 3. The van der Waals surface area contributed by atoms with Gasteiger partial charge in [0.05, 0.1) is 6.20 Å². The highest BCUT2D eigenvalue weighted by Crippen LogP contribution is 2.24. The molecule has 0 fully saturated rings. The molecule has 3 aromatic rings. The number of thioether (sulfide) groups is 1. The van der Waals surface area contributed by atoms with Crippen LogP contribution in [0.5, 0.6) is 0 Å². The van der Waals surface area contributed by atoms with Crippen molar-refractivity contribution in [1.29, 1.82) is 0 Å². The summed E-state index contributed by atoms with van der Waals surface area (Å²) in [5.41, 5.74) is 1.31. The summed E-state index contributed by atoms with van der Waals surface area (Å²) >= 11 is 7.14. The van der Waals surface area contributed by atoms with Crippen LogP contribution in [0, 0.1) is 0 Å². The molecule has 5 heteroatoms. The molecule has 0 bridgehead atoms. The summed E-state index contributed by atoms with van der Waals surface area (Å²) < 4.78 is 1.87. The van der Waals surface area contributed by atoms with Gasteiger partial charge in [-0.3, -0.25) is 0 Å². The number of halogens is 1. The van der Waals surface area contributed by atoms with Gasteiger partial charge in [-0.05, 0) is 30.2 Å². The molecule has 0 aliphatic rings. The first-order chi connectivity index (χ1) is 12.3. The molecule has 25 heavy (non-hydrogen) atoms. The third-order valence-corrected chi connectivity index (χ3v) is 4.79. The molecule has 0 N–H and O–H groups in total. The number of benzene rings is 1. The van der Waals surface area contributed by atoms with Crippen LogP contribution in [0.25, 0.3) is 5.82 Å². The largest absolute Gasteiger partial charge is 0.237 e. The Morgan fingerprint density at radius 2 is 1.76 bits per heavy atom. The van der Waals surface area contributed by atoms with Gasteiger partial charge in [0.25, 0.3) is 0 Å². The van der Waals surface area contributed by atoms with Crippen LogP contribution < -0.4 is 0 Å². The molecule has 0 aliphatic carbocycles. The molecule has 0 unspecified atom stereocenters. The first kappa shape index (κ1) is 19.5. The smallest absolute Gasteiger partial charge is 0.154 e. The van der Waals surface area contributed by atoms with E-state index >= 15 is 0 Å². The van der Waals surface area contributed by atoms with E-state index < -0.39 is 0 Å². The van der Waals surface area contributed by atoms with E-state index in [1.54, 1.807) is 18.0 Å². The van der Waals surface area contributed by atoms with Crippen LogP contribution in [-0.4, -0.2) is 20.6 Å². The highest BCUT2D eigenvalue weighted by Gasteiger charge is 2.06. The van der Waals surface area contributed by atoms with Crippen LogP contribution in [0.2, 0.25) is 0 Å². The van der Waals surface area contributed by atoms with Crippen molar-refractivity contribution < 1.29 is 0 Å². The molecule has 2 heterocycles. The molecule has 3 nitrogen and oxygen atoms in total. The van der Waals surface area contributed by atoms with E-state index in [-0.39, 0.29) is 0 Å². The zero-order valence-corrected chi connectivity index (χ0v) is 16.1. The molecular formula is C20H24ClN3S. The maximum absolute atomic E-state index is 5.38. The van der Waals surface area contributed by atoms with Gasteiger partial charge in [0.2, 0.25) is 0 Å². The van der Waals surface area contributed by atoms with Gasteiger partial charge in [0, 0.05) is 17.8 Å². The molecule has 1 aromatic carbocycles. The standard InChI is InChI=1S/C15H13N3S.C5H11Cl/c1-2-6-13(7-3-1)12-19-15-9-11-17-18(15)14-8-4-5-10-16-14;1-2-3-4-5-6/h1-11H,12H2;2-5H2,1H3. The van der Waals surface area contributed by atoms with Gasteiger partial charge < -0.3 is 0 Å². The second-order valence-corrected chi connectivity index (χ2v) is 6.81. The lowest BCUT2D eigenvalue weighted by atomic mass is 10.2. The van der Waals surface area contributed by atoms with E-state index in [4.69, 9.17) is 11.6 Å². The predicted molar refractivity (Wildman–Crippen MR) is 108 cm³/mol. The van der Waals surface area contributed by atoms with Gasteiger partial charge in [-0.15, -0.1) is 23.4 Å². The van der Waals surface area contributed by atoms with Crippen LogP contribution in [0.4, 0.5) is 0 Å². The van der Waals surface area contributed by atoms with Crippen molar-refractivity contribution >= 4 is 23.4 Å². The number of pyridine rings is 1. The minimum Gasteiger partial charge on any atom is -0.237 e. The summed E-state index contributed by atoms with van der Waals surface area (Å²) in [5, 5.41) is 5.43. The Balaban J connectivity index is 0.000000326. The van der Waals surface area contributed by atoms with E-state index in [1.807, 2.05) is 41.2 Å². The second-order valence-electron chi connectivity index (χ2n) is 5.44. The van der Waals surface area contributed by atoms with E-state index in [9.17, 15) is 0 Å². The van der Waals surface area contributed by atoms with E-state index in [2.05, 4.69) is 41.3 Å². The average Bonchev–Trinajstić information content (AvgIpc) is 3.15. The van der Waals surface area contributed by atoms with Gasteiger partial charge in [-0.2, -0.15) is 5.10 Å². The third kappa shape index (κ3) is 6.92. The van der Waals surface area contributed by atoms with Gasteiger partial charge in [0.1, 0.15) is 5.03 Å². The van der Waals surface area contributed by atoms with E-state index in [0.717, 1.165) is 22.5 Å². The number of unbranched alkanes of at least 4 members (excludes halogenated alkanes) is 2. The average molecular weight is 374 g/mol. The minimum atomic E-state index is 0.827. The molecule has 0 radical (unpaired) electrons. The Kier molecular flexibility index (Phi) is 9.16. The molecule has 0 spiro atoms.